The van der Waals surface area contributed by atoms with Crippen molar-refractivity contribution in [3.05, 3.63) is 59.3 Å². The van der Waals surface area contributed by atoms with Crippen LogP contribution in [0.5, 0.6) is 5.88 Å². The first-order valence-electron chi connectivity index (χ1n) is 8.31. The summed E-state index contributed by atoms with van der Waals surface area (Å²) in [4.78, 5) is 30.2. The summed E-state index contributed by atoms with van der Waals surface area (Å²) in [6.45, 7) is 1.77. The third-order valence-corrected chi connectivity index (χ3v) is 4.30. The SMILES string of the molecule is COc1ncccc1C(=O)NCc1ccccc1CN1CCCC1=O. The van der Waals surface area contributed by atoms with Crippen LogP contribution in [-0.2, 0) is 17.9 Å². The number of carbonyl (C=O) groups excluding carboxylic acids is 2. The fraction of sp³-hybridized carbons (Fsp3) is 0.316. The number of rotatable bonds is 6. The average Bonchev–Trinajstić information content (AvgIpc) is 3.05. The van der Waals surface area contributed by atoms with Crippen molar-refractivity contribution in [2.24, 2.45) is 0 Å². The number of hydrogen-bond acceptors (Lipinski definition) is 4. The molecule has 1 aromatic carbocycles. The minimum atomic E-state index is -0.239. The van der Waals surface area contributed by atoms with Gasteiger partial charge in [-0.1, -0.05) is 24.3 Å². The Morgan fingerprint density at radius 1 is 1.24 bits per heavy atom. The number of pyridine rings is 1. The van der Waals surface area contributed by atoms with E-state index < -0.39 is 0 Å². The molecule has 1 aliphatic heterocycles. The number of hydrogen-bond donors (Lipinski definition) is 1. The molecule has 2 heterocycles. The predicted molar refractivity (Wildman–Crippen MR) is 93.1 cm³/mol. The van der Waals surface area contributed by atoms with Crippen LogP contribution in [0.4, 0.5) is 0 Å². The monoisotopic (exact) mass is 339 g/mol. The first kappa shape index (κ1) is 17.0. The molecule has 1 N–H and O–H groups in total. The van der Waals surface area contributed by atoms with E-state index in [4.69, 9.17) is 4.74 Å². The van der Waals surface area contributed by atoms with Crippen molar-refractivity contribution in [2.45, 2.75) is 25.9 Å². The molecule has 1 saturated heterocycles. The van der Waals surface area contributed by atoms with Gasteiger partial charge in [-0.05, 0) is 29.7 Å². The zero-order valence-corrected chi connectivity index (χ0v) is 14.2. The van der Waals surface area contributed by atoms with Crippen molar-refractivity contribution in [3.63, 3.8) is 0 Å². The number of methoxy groups -OCH3 is 1. The van der Waals surface area contributed by atoms with E-state index in [0.717, 1.165) is 24.1 Å². The van der Waals surface area contributed by atoms with Gasteiger partial charge < -0.3 is 15.0 Å². The van der Waals surface area contributed by atoms with Crippen LogP contribution in [0.15, 0.2) is 42.6 Å². The maximum atomic E-state index is 12.4. The van der Waals surface area contributed by atoms with Gasteiger partial charge in [-0.2, -0.15) is 0 Å². The second-order valence-corrected chi connectivity index (χ2v) is 5.93. The third kappa shape index (κ3) is 3.96. The van der Waals surface area contributed by atoms with Gasteiger partial charge in [0.05, 0.1) is 7.11 Å². The molecule has 2 aromatic rings. The van der Waals surface area contributed by atoms with Gasteiger partial charge in [0.25, 0.3) is 5.91 Å². The largest absolute Gasteiger partial charge is 0.480 e. The molecule has 1 aromatic heterocycles. The highest BCUT2D eigenvalue weighted by Crippen LogP contribution is 2.18. The van der Waals surface area contributed by atoms with E-state index in [1.165, 1.54) is 7.11 Å². The molecule has 0 atom stereocenters. The lowest BCUT2D eigenvalue weighted by atomic mass is 10.1. The van der Waals surface area contributed by atoms with Crippen LogP contribution >= 0.6 is 0 Å². The van der Waals surface area contributed by atoms with E-state index in [-0.39, 0.29) is 11.8 Å². The molecule has 0 spiro atoms. The summed E-state index contributed by atoms with van der Waals surface area (Å²) >= 11 is 0. The molecule has 0 unspecified atom stereocenters. The molecule has 6 heteroatoms. The summed E-state index contributed by atoms with van der Waals surface area (Å²) < 4.78 is 5.13. The third-order valence-electron chi connectivity index (χ3n) is 4.30. The normalized spacial score (nSPS) is 13.8. The van der Waals surface area contributed by atoms with E-state index in [9.17, 15) is 9.59 Å². The molecule has 2 amide bonds. The van der Waals surface area contributed by atoms with Crippen LogP contribution in [0.3, 0.4) is 0 Å². The minimum absolute atomic E-state index is 0.193. The molecule has 130 valence electrons. The van der Waals surface area contributed by atoms with E-state index in [2.05, 4.69) is 10.3 Å². The maximum Gasteiger partial charge on any atom is 0.257 e. The first-order valence-corrected chi connectivity index (χ1v) is 8.31. The predicted octanol–water partition coefficient (Wildman–Crippen LogP) is 2.14. The summed E-state index contributed by atoms with van der Waals surface area (Å²) in [6, 6.07) is 11.2. The number of likely N-dealkylation sites (tertiary alicyclic amines) is 1. The summed E-state index contributed by atoms with van der Waals surface area (Å²) in [5, 5.41) is 2.90. The smallest absolute Gasteiger partial charge is 0.257 e. The summed E-state index contributed by atoms with van der Waals surface area (Å²) in [5.41, 5.74) is 2.45. The lowest BCUT2D eigenvalue weighted by Crippen LogP contribution is -2.27. The first-order chi connectivity index (χ1) is 12.2. The van der Waals surface area contributed by atoms with Gasteiger partial charge in [0.2, 0.25) is 11.8 Å². The van der Waals surface area contributed by atoms with Crippen molar-refractivity contribution in [1.29, 1.82) is 0 Å². The van der Waals surface area contributed by atoms with Crippen LogP contribution in [-0.4, -0.2) is 35.4 Å². The van der Waals surface area contributed by atoms with Crippen LogP contribution < -0.4 is 10.1 Å². The molecule has 3 rings (SSSR count). The molecule has 0 radical (unpaired) electrons. The zero-order chi connectivity index (χ0) is 17.6. The molecular weight excluding hydrogens is 318 g/mol. The quantitative estimate of drug-likeness (QED) is 0.875. The number of carbonyl (C=O) groups is 2. The standard InChI is InChI=1S/C19H21N3O3/c1-25-19-16(8-4-10-20-19)18(24)21-12-14-6-2-3-7-15(14)13-22-11-5-9-17(22)23/h2-4,6-8,10H,5,9,11-13H2,1H3,(H,21,24). The van der Waals surface area contributed by atoms with E-state index in [0.29, 0.717) is 31.0 Å². The molecule has 0 saturated carbocycles. The van der Waals surface area contributed by atoms with Crippen LogP contribution in [0, 0.1) is 0 Å². The van der Waals surface area contributed by atoms with Gasteiger partial charge in [-0.3, -0.25) is 9.59 Å². The average molecular weight is 339 g/mol. The van der Waals surface area contributed by atoms with E-state index in [1.54, 1.807) is 18.3 Å². The summed E-state index contributed by atoms with van der Waals surface area (Å²) in [5.74, 6) is 0.256. The molecule has 0 aliphatic carbocycles. The number of benzene rings is 1. The van der Waals surface area contributed by atoms with Crippen molar-refractivity contribution >= 4 is 11.8 Å². The van der Waals surface area contributed by atoms with Crippen molar-refractivity contribution in [1.82, 2.24) is 15.2 Å². The summed E-state index contributed by atoms with van der Waals surface area (Å²) in [7, 11) is 1.49. The van der Waals surface area contributed by atoms with Crippen molar-refractivity contribution < 1.29 is 14.3 Å². The van der Waals surface area contributed by atoms with Crippen molar-refractivity contribution in [3.8, 4) is 5.88 Å². The number of amides is 2. The van der Waals surface area contributed by atoms with E-state index in [1.807, 2.05) is 29.2 Å². The van der Waals surface area contributed by atoms with E-state index >= 15 is 0 Å². The number of ether oxygens (including phenoxy) is 1. The Kier molecular flexibility index (Phi) is 5.28. The molecular formula is C19H21N3O3. The lowest BCUT2D eigenvalue weighted by Gasteiger charge is -2.18. The van der Waals surface area contributed by atoms with Crippen LogP contribution in [0.1, 0.15) is 34.3 Å². The van der Waals surface area contributed by atoms with Gasteiger partial charge in [0, 0.05) is 32.3 Å². The molecule has 0 bridgehead atoms. The van der Waals surface area contributed by atoms with Crippen LogP contribution in [0.2, 0.25) is 0 Å². The van der Waals surface area contributed by atoms with Gasteiger partial charge >= 0.3 is 0 Å². The van der Waals surface area contributed by atoms with Gasteiger partial charge in [0.1, 0.15) is 5.56 Å². The fourth-order valence-corrected chi connectivity index (χ4v) is 2.96. The second kappa shape index (κ2) is 7.79. The number of nitrogens with zero attached hydrogens (tertiary/aromatic N) is 2. The molecule has 25 heavy (non-hydrogen) atoms. The highest BCUT2D eigenvalue weighted by Gasteiger charge is 2.21. The number of nitrogens with one attached hydrogen (secondary N) is 1. The van der Waals surface area contributed by atoms with Gasteiger partial charge in [-0.25, -0.2) is 4.98 Å². The second-order valence-electron chi connectivity index (χ2n) is 5.93. The zero-order valence-electron chi connectivity index (χ0n) is 14.2. The minimum Gasteiger partial charge on any atom is -0.480 e. The molecule has 1 fully saturated rings. The fourth-order valence-electron chi connectivity index (χ4n) is 2.96. The Balaban J connectivity index is 1.69. The molecule has 1 aliphatic rings. The molecule has 6 nitrogen and oxygen atoms in total. The Hall–Kier alpha value is -2.89. The Morgan fingerprint density at radius 3 is 2.76 bits per heavy atom. The number of aromatic nitrogens is 1. The van der Waals surface area contributed by atoms with Crippen molar-refractivity contribution in [2.75, 3.05) is 13.7 Å². The Morgan fingerprint density at radius 2 is 2.04 bits per heavy atom. The highest BCUT2D eigenvalue weighted by atomic mass is 16.5. The van der Waals surface area contributed by atoms with Gasteiger partial charge in [0.15, 0.2) is 0 Å². The Labute approximate surface area is 146 Å². The lowest BCUT2D eigenvalue weighted by molar-refractivity contribution is -0.128. The topological polar surface area (TPSA) is 71.5 Å². The maximum absolute atomic E-state index is 12.4. The summed E-state index contributed by atoms with van der Waals surface area (Å²) in [6.07, 6.45) is 3.12. The Bertz CT molecular complexity index is 776. The van der Waals surface area contributed by atoms with Crippen LogP contribution in [0.25, 0.3) is 0 Å². The highest BCUT2D eigenvalue weighted by molar-refractivity contribution is 5.96. The van der Waals surface area contributed by atoms with Gasteiger partial charge in [-0.15, -0.1) is 0 Å².